The van der Waals surface area contributed by atoms with Gasteiger partial charge in [0.15, 0.2) is 12.4 Å². The van der Waals surface area contributed by atoms with Gasteiger partial charge in [-0.2, -0.15) is 0 Å². The number of carbonyl (C=O) groups excluding carboxylic acids is 4. The van der Waals surface area contributed by atoms with E-state index < -0.39 is 17.9 Å². The molecule has 1 amide bonds. The van der Waals surface area contributed by atoms with Crippen LogP contribution >= 0.6 is 0 Å². The largest absolute Gasteiger partial charge is 0.462 e. The molecule has 1 aliphatic rings. The van der Waals surface area contributed by atoms with Gasteiger partial charge >= 0.3 is 11.9 Å². The Kier molecular flexibility index (Phi) is 7.54. The number of esters is 2. The molecule has 7 heteroatoms. The third-order valence-corrected chi connectivity index (χ3v) is 5.05. The molecule has 0 radical (unpaired) electrons. The smallest absolute Gasteiger partial charge is 0.338 e. The number of amides is 1. The summed E-state index contributed by atoms with van der Waals surface area (Å²) in [5, 5.41) is 0. The summed E-state index contributed by atoms with van der Waals surface area (Å²) in [7, 11) is 0. The number of rotatable bonds is 9. The minimum atomic E-state index is -0.644. The van der Waals surface area contributed by atoms with E-state index in [0.29, 0.717) is 23.4 Å². The number of benzene rings is 2. The van der Waals surface area contributed by atoms with Crippen molar-refractivity contribution in [2.75, 3.05) is 24.7 Å². The van der Waals surface area contributed by atoms with Crippen LogP contribution in [0.25, 0.3) is 0 Å². The Morgan fingerprint density at radius 2 is 1.68 bits per heavy atom. The van der Waals surface area contributed by atoms with Gasteiger partial charge in [-0.3, -0.25) is 14.4 Å². The second-order valence-corrected chi connectivity index (χ2v) is 7.34. The Bertz CT molecular complexity index is 938. The van der Waals surface area contributed by atoms with E-state index in [1.807, 2.05) is 6.92 Å². The monoisotopic (exact) mass is 423 g/mol. The van der Waals surface area contributed by atoms with Crippen molar-refractivity contribution in [3.8, 4) is 0 Å². The Hall–Kier alpha value is -3.48. The van der Waals surface area contributed by atoms with Gasteiger partial charge in [0.05, 0.1) is 18.1 Å². The van der Waals surface area contributed by atoms with Gasteiger partial charge in [0.1, 0.15) is 0 Å². The van der Waals surface area contributed by atoms with Gasteiger partial charge in [0.2, 0.25) is 5.91 Å². The topological polar surface area (TPSA) is 90.0 Å². The number of Topliss-reactive ketones (excluding diaryl/α,β-unsaturated/α-hetero) is 1. The van der Waals surface area contributed by atoms with E-state index in [4.69, 9.17) is 9.47 Å². The zero-order chi connectivity index (χ0) is 22.2. The zero-order valence-corrected chi connectivity index (χ0v) is 17.4. The number of carbonyl (C=O) groups is 4. The summed E-state index contributed by atoms with van der Waals surface area (Å²) in [4.78, 5) is 50.3. The zero-order valence-electron chi connectivity index (χ0n) is 17.4. The third kappa shape index (κ3) is 5.78. The molecule has 3 rings (SSSR count). The second-order valence-electron chi connectivity index (χ2n) is 7.34. The lowest BCUT2D eigenvalue weighted by Gasteiger charge is -2.17. The summed E-state index contributed by atoms with van der Waals surface area (Å²) in [5.74, 6) is -2.13. The highest BCUT2D eigenvalue weighted by Crippen LogP contribution is 2.26. The van der Waals surface area contributed by atoms with Gasteiger partial charge in [-0.15, -0.1) is 0 Å². The highest BCUT2D eigenvalue weighted by Gasteiger charge is 2.36. The van der Waals surface area contributed by atoms with E-state index in [2.05, 4.69) is 0 Å². The number of hydrogen-bond acceptors (Lipinski definition) is 6. The van der Waals surface area contributed by atoms with Crippen molar-refractivity contribution in [3.63, 3.8) is 0 Å². The molecular formula is C24H25NO6. The maximum Gasteiger partial charge on any atom is 0.338 e. The quantitative estimate of drug-likeness (QED) is 0.349. The van der Waals surface area contributed by atoms with Gasteiger partial charge in [-0.25, -0.2) is 4.79 Å². The van der Waals surface area contributed by atoms with Crippen molar-refractivity contribution >= 4 is 29.3 Å². The predicted molar refractivity (Wildman–Crippen MR) is 114 cm³/mol. The van der Waals surface area contributed by atoms with E-state index in [-0.39, 0.29) is 31.3 Å². The minimum absolute atomic E-state index is 0.0131. The maximum atomic E-state index is 12.4. The molecule has 2 aromatic rings. The number of unbranched alkanes of at least 4 members (excludes halogenated alkanes) is 1. The molecule has 2 aromatic carbocycles. The molecule has 0 unspecified atom stereocenters. The summed E-state index contributed by atoms with van der Waals surface area (Å²) < 4.78 is 10.3. The second kappa shape index (κ2) is 10.5. The third-order valence-electron chi connectivity index (χ3n) is 5.05. The molecule has 0 N–H and O–H groups in total. The van der Waals surface area contributed by atoms with E-state index in [1.54, 1.807) is 54.6 Å². The van der Waals surface area contributed by atoms with Crippen molar-refractivity contribution in [1.82, 2.24) is 0 Å². The molecule has 1 heterocycles. The Labute approximate surface area is 180 Å². The molecule has 0 spiro atoms. The molecule has 0 saturated carbocycles. The standard InChI is InChI=1S/C24H25NO6/c1-2-3-13-30-23(28)18-9-11-20(12-10-18)25-15-19(14-22(25)27)24(29)31-16-21(26)17-7-5-4-6-8-17/h4-12,19H,2-3,13-16H2,1H3/t19-/m1/s1. The lowest BCUT2D eigenvalue weighted by Crippen LogP contribution is -2.27. The van der Waals surface area contributed by atoms with Crippen LogP contribution < -0.4 is 4.90 Å². The van der Waals surface area contributed by atoms with E-state index in [1.165, 1.54) is 4.90 Å². The van der Waals surface area contributed by atoms with Crippen LogP contribution in [-0.2, 0) is 19.1 Å². The van der Waals surface area contributed by atoms with Gasteiger partial charge in [-0.05, 0) is 30.7 Å². The lowest BCUT2D eigenvalue weighted by molar-refractivity contribution is -0.147. The molecule has 1 aliphatic heterocycles. The Balaban J connectivity index is 1.54. The van der Waals surface area contributed by atoms with Crippen molar-refractivity contribution in [1.29, 1.82) is 0 Å². The van der Waals surface area contributed by atoms with Crippen LogP contribution in [0.5, 0.6) is 0 Å². The molecule has 1 atom stereocenters. The first-order valence-electron chi connectivity index (χ1n) is 10.3. The fourth-order valence-electron chi connectivity index (χ4n) is 3.25. The number of hydrogen-bond donors (Lipinski definition) is 0. The van der Waals surface area contributed by atoms with Crippen LogP contribution in [0, 0.1) is 5.92 Å². The van der Waals surface area contributed by atoms with Crippen molar-refractivity contribution in [2.24, 2.45) is 5.92 Å². The molecule has 0 bridgehead atoms. The van der Waals surface area contributed by atoms with Gasteiger partial charge in [0, 0.05) is 24.2 Å². The summed E-state index contributed by atoms with van der Waals surface area (Å²) in [6.07, 6.45) is 1.76. The molecule has 7 nitrogen and oxygen atoms in total. The van der Waals surface area contributed by atoms with Crippen LogP contribution in [0.3, 0.4) is 0 Å². The number of ether oxygens (including phenoxy) is 2. The average molecular weight is 423 g/mol. The maximum absolute atomic E-state index is 12.4. The molecule has 0 aliphatic carbocycles. The van der Waals surface area contributed by atoms with Crippen molar-refractivity contribution < 1.29 is 28.7 Å². The van der Waals surface area contributed by atoms with Crippen LogP contribution in [0.15, 0.2) is 54.6 Å². The van der Waals surface area contributed by atoms with Gasteiger partial charge in [-0.1, -0.05) is 43.7 Å². The summed E-state index contributed by atoms with van der Waals surface area (Å²) in [6.45, 7) is 2.19. The normalized spacial score (nSPS) is 15.6. The highest BCUT2D eigenvalue weighted by atomic mass is 16.5. The summed E-state index contributed by atoms with van der Waals surface area (Å²) in [5.41, 5.74) is 1.46. The van der Waals surface area contributed by atoms with Crippen LogP contribution in [0.4, 0.5) is 5.69 Å². The minimum Gasteiger partial charge on any atom is -0.462 e. The van der Waals surface area contributed by atoms with Gasteiger partial charge < -0.3 is 14.4 Å². The molecule has 31 heavy (non-hydrogen) atoms. The van der Waals surface area contributed by atoms with Crippen molar-refractivity contribution in [3.05, 3.63) is 65.7 Å². The van der Waals surface area contributed by atoms with E-state index in [0.717, 1.165) is 12.8 Å². The Morgan fingerprint density at radius 1 is 0.968 bits per heavy atom. The molecule has 1 saturated heterocycles. The fourth-order valence-corrected chi connectivity index (χ4v) is 3.25. The predicted octanol–water partition coefficient (Wildman–Crippen LogP) is 3.42. The van der Waals surface area contributed by atoms with Gasteiger partial charge in [0.25, 0.3) is 0 Å². The molecular weight excluding hydrogens is 398 g/mol. The number of nitrogens with zero attached hydrogens (tertiary/aromatic N) is 1. The molecule has 1 fully saturated rings. The average Bonchev–Trinajstić information content (AvgIpc) is 3.19. The first-order chi connectivity index (χ1) is 15.0. The van der Waals surface area contributed by atoms with E-state index in [9.17, 15) is 19.2 Å². The lowest BCUT2D eigenvalue weighted by atomic mass is 10.1. The van der Waals surface area contributed by atoms with Crippen LogP contribution in [0.2, 0.25) is 0 Å². The SMILES string of the molecule is CCCCOC(=O)c1ccc(N2C[C@H](C(=O)OCC(=O)c3ccccc3)CC2=O)cc1. The van der Waals surface area contributed by atoms with E-state index >= 15 is 0 Å². The summed E-state index contributed by atoms with van der Waals surface area (Å²) in [6, 6.07) is 15.1. The molecule has 162 valence electrons. The Morgan fingerprint density at radius 3 is 2.35 bits per heavy atom. The molecule has 0 aromatic heterocycles. The number of ketones is 1. The van der Waals surface area contributed by atoms with Crippen LogP contribution in [-0.4, -0.2) is 43.4 Å². The first-order valence-corrected chi connectivity index (χ1v) is 10.3. The first kappa shape index (κ1) is 22.2. The summed E-state index contributed by atoms with van der Waals surface area (Å²) >= 11 is 0. The fraction of sp³-hybridized carbons (Fsp3) is 0.333. The van der Waals surface area contributed by atoms with Crippen molar-refractivity contribution in [2.45, 2.75) is 26.2 Å². The van der Waals surface area contributed by atoms with Crippen LogP contribution in [0.1, 0.15) is 46.9 Å². The number of anilines is 1. The highest BCUT2D eigenvalue weighted by molar-refractivity contribution is 6.01.